The van der Waals surface area contributed by atoms with E-state index in [4.69, 9.17) is 4.74 Å². The van der Waals surface area contributed by atoms with Gasteiger partial charge in [-0.2, -0.15) is 5.10 Å². The van der Waals surface area contributed by atoms with Gasteiger partial charge in [-0.3, -0.25) is 9.48 Å². The van der Waals surface area contributed by atoms with E-state index in [0.29, 0.717) is 5.56 Å². The molecule has 0 aliphatic rings. The van der Waals surface area contributed by atoms with Crippen molar-refractivity contribution in [1.29, 1.82) is 0 Å². The number of benzene rings is 1. The Bertz CT molecular complexity index is 617. The molecule has 0 radical (unpaired) electrons. The molecule has 0 bridgehead atoms. The van der Waals surface area contributed by atoms with Gasteiger partial charge in [-0.05, 0) is 31.0 Å². The van der Waals surface area contributed by atoms with Crippen LogP contribution in [0.1, 0.15) is 41.0 Å². The lowest BCUT2D eigenvalue weighted by Gasteiger charge is -2.17. The summed E-state index contributed by atoms with van der Waals surface area (Å²) in [5.41, 5.74) is 2.54. The van der Waals surface area contributed by atoms with E-state index in [9.17, 15) is 4.79 Å². The largest absolute Gasteiger partial charge is 0.497 e. The van der Waals surface area contributed by atoms with Gasteiger partial charge in [0.25, 0.3) is 5.91 Å². The van der Waals surface area contributed by atoms with E-state index in [1.807, 2.05) is 45.2 Å². The number of hydrogen-bond acceptors (Lipinski definition) is 3. The van der Waals surface area contributed by atoms with Crippen LogP contribution < -0.4 is 10.1 Å². The van der Waals surface area contributed by atoms with Crippen LogP contribution in [0.5, 0.6) is 5.75 Å². The monoisotopic (exact) mass is 287 g/mol. The smallest absolute Gasteiger partial charge is 0.255 e. The van der Waals surface area contributed by atoms with Crippen LogP contribution in [0.15, 0.2) is 30.5 Å². The molecule has 112 valence electrons. The summed E-state index contributed by atoms with van der Waals surface area (Å²) < 4.78 is 6.85. The molecule has 5 heteroatoms. The Kier molecular flexibility index (Phi) is 4.62. The van der Waals surface area contributed by atoms with Crippen molar-refractivity contribution in [3.05, 3.63) is 47.3 Å². The lowest BCUT2D eigenvalue weighted by atomic mass is 10.0. The normalized spacial score (nSPS) is 12.0. The molecule has 1 aromatic heterocycles. The number of aryl methyl sites for hydroxylation is 1. The summed E-state index contributed by atoms with van der Waals surface area (Å²) in [5, 5.41) is 7.16. The van der Waals surface area contributed by atoms with Crippen molar-refractivity contribution in [2.75, 3.05) is 7.11 Å². The van der Waals surface area contributed by atoms with Crippen molar-refractivity contribution in [3.63, 3.8) is 0 Å². The number of carbonyl (C=O) groups excluding carboxylic acids is 1. The summed E-state index contributed by atoms with van der Waals surface area (Å²) in [7, 11) is 3.46. The first-order valence-electron chi connectivity index (χ1n) is 7.00. The molecule has 21 heavy (non-hydrogen) atoms. The molecule has 1 N–H and O–H groups in total. The fourth-order valence-electron chi connectivity index (χ4n) is 2.21. The maximum Gasteiger partial charge on any atom is 0.255 e. The highest BCUT2D eigenvalue weighted by Gasteiger charge is 2.17. The highest BCUT2D eigenvalue weighted by atomic mass is 16.5. The summed E-state index contributed by atoms with van der Waals surface area (Å²) in [6.07, 6.45) is 2.42. The van der Waals surface area contributed by atoms with Crippen molar-refractivity contribution in [1.82, 2.24) is 15.1 Å². The number of ether oxygens (including phenoxy) is 1. The molecule has 0 unspecified atom stereocenters. The number of nitrogens with one attached hydrogen (secondary N) is 1. The van der Waals surface area contributed by atoms with Crippen molar-refractivity contribution < 1.29 is 9.53 Å². The molecule has 0 fully saturated rings. The summed E-state index contributed by atoms with van der Waals surface area (Å²) in [6.45, 7) is 3.93. The number of methoxy groups -OCH3 is 1. The Balaban J connectivity index is 2.14. The molecule has 0 saturated carbocycles. The standard InChI is InChI=1S/C16H21N3O2/c1-5-15(12-6-8-13(21-4)9-7-12)18-16(20)14-10-17-19(3)11(14)2/h6-10,15H,5H2,1-4H3,(H,18,20)/t15-/m0/s1. The first-order chi connectivity index (χ1) is 10.1. The van der Waals surface area contributed by atoms with Gasteiger partial charge in [-0.25, -0.2) is 0 Å². The van der Waals surface area contributed by atoms with Gasteiger partial charge in [0, 0.05) is 12.7 Å². The van der Waals surface area contributed by atoms with Crippen molar-refractivity contribution in [2.24, 2.45) is 7.05 Å². The van der Waals surface area contributed by atoms with Gasteiger partial charge in [0.2, 0.25) is 0 Å². The Morgan fingerprint density at radius 2 is 2.05 bits per heavy atom. The predicted molar refractivity (Wildman–Crippen MR) is 81.4 cm³/mol. The quantitative estimate of drug-likeness (QED) is 0.919. The number of aromatic nitrogens is 2. The fourth-order valence-corrected chi connectivity index (χ4v) is 2.21. The highest BCUT2D eigenvalue weighted by molar-refractivity contribution is 5.95. The molecule has 1 amide bonds. The van der Waals surface area contributed by atoms with Gasteiger partial charge < -0.3 is 10.1 Å². The van der Waals surface area contributed by atoms with Gasteiger partial charge in [-0.15, -0.1) is 0 Å². The van der Waals surface area contributed by atoms with E-state index in [1.54, 1.807) is 18.0 Å². The predicted octanol–water partition coefficient (Wildman–Crippen LogP) is 2.62. The summed E-state index contributed by atoms with van der Waals surface area (Å²) in [5.74, 6) is 0.714. The number of hydrogen-bond donors (Lipinski definition) is 1. The molecule has 0 aliphatic heterocycles. The summed E-state index contributed by atoms with van der Waals surface area (Å²) >= 11 is 0. The molecule has 0 saturated heterocycles. The molecular weight excluding hydrogens is 266 g/mol. The second kappa shape index (κ2) is 6.43. The van der Waals surface area contributed by atoms with Crippen LogP contribution in [0.2, 0.25) is 0 Å². The molecule has 1 atom stereocenters. The third-order valence-corrected chi connectivity index (χ3v) is 3.71. The maximum absolute atomic E-state index is 12.4. The first-order valence-corrected chi connectivity index (χ1v) is 7.00. The minimum atomic E-state index is -0.0942. The highest BCUT2D eigenvalue weighted by Crippen LogP contribution is 2.21. The SMILES string of the molecule is CC[C@H](NC(=O)c1cnn(C)c1C)c1ccc(OC)cc1. The Morgan fingerprint density at radius 3 is 2.52 bits per heavy atom. The topological polar surface area (TPSA) is 56.2 Å². The average Bonchev–Trinajstić information content (AvgIpc) is 2.84. The van der Waals surface area contributed by atoms with Gasteiger partial charge in [0.1, 0.15) is 5.75 Å². The molecule has 2 aromatic rings. The van der Waals surface area contributed by atoms with E-state index in [1.165, 1.54) is 0 Å². The minimum absolute atomic E-state index is 0.0250. The number of rotatable bonds is 5. The fraction of sp³-hybridized carbons (Fsp3) is 0.375. The zero-order chi connectivity index (χ0) is 15.4. The van der Waals surface area contributed by atoms with Gasteiger partial charge >= 0.3 is 0 Å². The number of amides is 1. The Hall–Kier alpha value is -2.30. The number of carbonyl (C=O) groups is 1. The zero-order valence-corrected chi connectivity index (χ0v) is 12.9. The van der Waals surface area contributed by atoms with Crippen LogP contribution in [0.3, 0.4) is 0 Å². The first kappa shape index (κ1) is 15.1. The molecule has 0 aliphatic carbocycles. The van der Waals surface area contributed by atoms with E-state index in [-0.39, 0.29) is 11.9 Å². The van der Waals surface area contributed by atoms with E-state index in [0.717, 1.165) is 23.4 Å². The van der Waals surface area contributed by atoms with E-state index < -0.39 is 0 Å². The lowest BCUT2D eigenvalue weighted by molar-refractivity contribution is 0.0935. The van der Waals surface area contributed by atoms with Crippen molar-refractivity contribution >= 4 is 5.91 Å². The van der Waals surface area contributed by atoms with Crippen LogP contribution in [0.25, 0.3) is 0 Å². The van der Waals surface area contributed by atoms with Crippen molar-refractivity contribution in [2.45, 2.75) is 26.3 Å². The third-order valence-electron chi connectivity index (χ3n) is 3.71. The third kappa shape index (κ3) is 3.24. The maximum atomic E-state index is 12.4. The second-order valence-electron chi connectivity index (χ2n) is 4.97. The van der Waals surface area contributed by atoms with E-state index >= 15 is 0 Å². The van der Waals surface area contributed by atoms with Crippen LogP contribution >= 0.6 is 0 Å². The van der Waals surface area contributed by atoms with Crippen LogP contribution in [-0.2, 0) is 7.05 Å². The molecule has 1 heterocycles. The molecule has 0 spiro atoms. The van der Waals surface area contributed by atoms with Crippen LogP contribution in [-0.4, -0.2) is 22.8 Å². The average molecular weight is 287 g/mol. The number of nitrogens with zero attached hydrogens (tertiary/aromatic N) is 2. The molecule has 5 nitrogen and oxygen atoms in total. The van der Waals surface area contributed by atoms with Gasteiger partial charge in [-0.1, -0.05) is 19.1 Å². The van der Waals surface area contributed by atoms with Crippen molar-refractivity contribution in [3.8, 4) is 5.75 Å². The Morgan fingerprint density at radius 1 is 1.38 bits per heavy atom. The van der Waals surface area contributed by atoms with Gasteiger partial charge in [0.15, 0.2) is 0 Å². The zero-order valence-electron chi connectivity index (χ0n) is 12.9. The summed E-state index contributed by atoms with van der Waals surface area (Å²) in [4.78, 5) is 12.4. The molecule has 1 aromatic carbocycles. The van der Waals surface area contributed by atoms with E-state index in [2.05, 4.69) is 10.4 Å². The molecule has 2 rings (SSSR count). The minimum Gasteiger partial charge on any atom is -0.497 e. The summed E-state index contributed by atoms with van der Waals surface area (Å²) in [6, 6.07) is 7.73. The second-order valence-corrected chi connectivity index (χ2v) is 4.97. The lowest BCUT2D eigenvalue weighted by Crippen LogP contribution is -2.28. The van der Waals surface area contributed by atoms with Crippen LogP contribution in [0, 0.1) is 6.92 Å². The van der Waals surface area contributed by atoms with Crippen LogP contribution in [0.4, 0.5) is 0 Å². The Labute approximate surface area is 124 Å². The molecular formula is C16H21N3O2. The van der Waals surface area contributed by atoms with Gasteiger partial charge in [0.05, 0.1) is 24.9 Å².